The largest absolute Gasteiger partial charge is 0.373 e. The van der Waals surface area contributed by atoms with E-state index in [1.807, 2.05) is 24.3 Å². The minimum atomic E-state index is 0.250. The molecule has 90 valence electrons. The van der Waals surface area contributed by atoms with Crippen LogP contribution in [-0.4, -0.2) is 21.6 Å². The van der Waals surface area contributed by atoms with Crippen LogP contribution in [0.25, 0.3) is 0 Å². The molecule has 2 aromatic rings. The van der Waals surface area contributed by atoms with Gasteiger partial charge in [-0.1, -0.05) is 23.9 Å². The minimum Gasteiger partial charge on any atom is -0.197 e. The Hall–Kier alpha value is -2.42. The molecular formula is C11H8N4O2S. The van der Waals surface area contributed by atoms with Gasteiger partial charge in [0.2, 0.25) is 0 Å². The van der Waals surface area contributed by atoms with Crippen molar-refractivity contribution in [2.45, 2.75) is 10.8 Å². The first-order valence-electron chi connectivity index (χ1n) is 4.77. The second-order valence-electron chi connectivity index (χ2n) is 2.99. The Morgan fingerprint density at radius 2 is 1.94 bits per heavy atom. The van der Waals surface area contributed by atoms with Gasteiger partial charge in [-0.25, -0.2) is 0 Å². The number of H-pyrrole nitrogens is 1. The summed E-state index contributed by atoms with van der Waals surface area (Å²) < 4.78 is 0. The van der Waals surface area contributed by atoms with Crippen molar-refractivity contribution in [2.75, 3.05) is 0 Å². The molecule has 0 amide bonds. The number of nitriles is 1. The fraction of sp³-hybridized carbons (Fsp3) is 0.0909. The molecule has 0 unspecified atom stereocenters. The van der Waals surface area contributed by atoms with Gasteiger partial charge in [0, 0.05) is 5.75 Å². The summed E-state index contributed by atoms with van der Waals surface area (Å²) in [4.78, 5) is 16.2. The maximum Gasteiger partial charge on any atom is 0.373 e. The van der Waals surface area contributed by atoms with Crippen LogP contribution in [-0.2, 0) is 15.3 Å². The molecule has 0 radical (unpaired) electrons. The third kappa shape index (κ3) is 4.61. The van der Waals surface area contributed by atoms with Crippen molar-refractivity contribution < 1.29 is 9.59 Å². The van der Waals surface area contributed by atoms with Crippen LogP contribution in [0.1, 0.15) is 11.1 Å². The SMILES string of the molecule is N#Cc1ccc(CSc2cn[nH]n2)cc1.O=C=O. The lowest BCUT2D eigenvalue weighted by atomic mass is 10.2. The highest BCUT2D eigenvalue weighted by molar-refractivity contribution is 7.98. The molecule has 0 saturated heterocycles. The molecule has 0 spiro atoms. The zero-order valence-electron chi connectivity index (χ0n) is 9.16. The highest BCUT2D eigenvalue weighted by Gasteiger charge is 1.98. The van der Waals surface area contributed by atoms with Gasteiger partial charge in [0.1, 0.15) is 5.03 Å². The number of rotatable bonds is 3. The van der Waals surface area contributed by atoms with E-state index in [1.54, 1.807) is 18.0 Å². The molecule has 1 aromatic heterocycles. The second-order valence-corrected chi connectivity index (χ2v) is 3.98. The topological polar surface area (TPSA) is 99.5 Å². The highest BCUT2D eigenvalue weighted by Crippen LogP contribution is 2.19. The summed E-state index contributed by atoms with van der Waals surface area (Å²) in [7, 11) is 0. The van der Waals surface area contributed by atoms with E-state index in [4.69, 9.17) is 14.9 Å². The first-order valence-corrected chi connectivity index (χ1v) is 5.75. The van der Waals surface area contributed by atoms with E-state index < -0.39 is 0 Å². The van der Waals surface area contributed by atoms with Crippen LogP contribution in [0.15, 0.2) is 35.5 Å². The molecule has 0 aliphatic carbocycles. The third-order valence-corrected chi connectivity index (χ3v) is 2.83. The molecule has 6 nitrogen and oxygen atoms in total. The Morgan fingerprint density at radius 1 is 1.28 bits per heavy atom. The van der Waals surface area contributed by atoms with Crippen molar-refractivity contribution in [1.82, 2.24) is 15.4 Å². The Morgan fingerprint density at radius 3 is 2.44 bits per heavy atom. The molecule has 18 heavy (non-hydrogen) atoms. The molecule has 0 bridgehead atoms. The van der Waals surface area contributed by atoms with Crippen LogP contribution in [0.3, 0.4) is 0 Å². The summed E-state index contributed by atoms with van der Waals surface area (Å²) in [6, 6.07) is 9.63. The molecule has 7 heteroatoms. The minimum absolute atomic E-state index is 0.250. The monoisotopic (exact) mass is 260 g/mol. The first kappa shape index (κ1) is 13.6. The van der Waals surface area contributed by atoms with Crippen LogP contribution in [0.4, 0.5) is 0 Å². The number of nitrogens with one attached hydrogen (secondary N) is 1. The summed E-state index contributed by atoms with van der Waals surface area (Å²) in [5.74, 6) is 0.832. The molecule has 2 rings (SSSR count). The van der Waals surface area contributed by atoms with Crippen molar-refractivity contribution in [1.29, 1.82) is 5.26 Å². The quantitative estimate of drug-likeness (QED) is 0.837. The van der Waals surface area contributed by atoms with E-state index in [2.05, 4.69) is 21.5 Å². The number of hydrogen-bond donors (Lipinski definition) is 1. The number of nitrogens with zero attached hydrogens (tertiary/aromatic N) is 3. The van der Waals surface area contributed by atoms with Crippen molar-refractivity contribution in [3.63, 3.8) is 0 Å². The van der Waals surface area contributed by atoms with E-state index in [9.17, 15) is 0 Å². The van der Waals surface area contributed by atoms with E-state index in [0.717, 1.165) is 10.8 Å². The van der Waals surface area contributed by atoms with E-state index in [-0.39, 0.29) is 6.15 Å². The summed E-state index contributed by atoms with van der Waals surface area (Å²) in [6.07, 6.45) is 1.94. The fourth-order valence-electron chi connectivity index (χ4n) is 1.09. The van der Waals surface area contributed by atoms with Gasteiger partial charge in [0.15, 0.2) is 0 Å². The van der Waals surface area contributed by atoms with E-state index in [0.29, 0.717) is 5.56 Å². The summed E-state index contributed by atoms with van der Waals surface area (Å²) >= 11 is 1.61. The lowest BCUT2D eigenvalue weighted by Crippen LogP contribution is -1.81. The van der Waals surface area contributed by atoms with Gasteiger partial charge in [-0.2, -0.15) is 25.2 Å². The van der Waals surface area contributed by atoms with Crippen molar-refractivity contribution in [2.24, 2.45) is 0 Å². The Balaban J connectivity index is 0.000000492. The van der Waals surface area contributed by atoms with Crippen molar-refractivity contribution in [3.8, 4) is 6.07 Å². The number of benzene rings is 1. The molecule has 0 aliphatic heterocycles. The van der Waals surface area contributed by atoms with Gasteiger partial charge in [-0.15, -0.1) is 5.10 Å². The second kappa shape index (κ2) is 7.79. The zero-order chi connectivity index (χ0) is 13.2. The molecule has 0 aliphatic rings. The first-order chi connectivity index (χ1) is 8.80. The van der Waals surface area contributed by atoms with Gasteiger partial charge in [-0.3, -0.25) is 0 Å². The zero-order valence-corrected chi connectivity index (χ0v) is 9.98. The normalized spacial score (nSPS) is 8.61. The molecule has 0 atom stereocenters. The highest BCUT2D eigenvalue weighted by atomic mass is 32.2. The van der Waals surface area contributed by atoms with E-state index >= 15 is 0 Å². The van der Waals surface area contributed by atoms with Crippen molar-refractivity contribution >= 4 is 17.9 Å². The number of hydrogen-bond acceptors (Lipinski definition) is 6. The Kier molecular flexibility index (Phi) is 5.90. The van der Waals surface area contributed by atoms with Gasteiger partial charge < -0.3 is 0 Å². The average Bonchev–Trinajstić information content (AvgIpc) is 2.91. The maximum absolute atomic E-state index is 8.63. The Bertz CT molecular complexity index is 539. The standard InChI is InChI=1S/C10H8N4S.CO2/c11-5-8-1-3-9(4-2-8)7-15-10-6-12-14-13-10;2-1-3/h1-4,6H,7H2,(H,12,13,14);. The van der Waals surface area contributed by atoms with Crippen molar-refractivity contribution in [3.05, 3.63) is 41.6 Å². The molecule has 1 heterocycles. The predicted molar refractivity (Wildman–Crippen MR) is 62.1 cm³/mol. The third-order valence-electron chi connectivity index (χ3n) is 1.86. The molecule has 0 saturated carbocycles. The van der Waals surface area contributed by atoms with Crippen LogP contribution in [0.5, 0.6) is 0 Å². The lowest BCUT2D eigenvalue weighted by Gasteiger charge is -1.98. The number of carbonyl (C=O) groups excluding carboxylic acids is 2. The van der Waals surface area contributed by atoms with E-state index in [1.165, 1.54) is 5.56 Å². The lowest BCUT2D eigenvalue weighted by molar-refractivity contribution is -0.191. The maximum atomic E-state index is 8.63. The fourth-order valence-corrected chi connectivity index (χ4v) is 1.83. The van der Waals surface area contributed by atoms with Gasteiger partial charge in [0.05, 0.1) is 17.8 Å². The van der Waals surface area contributed by atoms with Crippen LogP contribution < -0.4 is 0 Å². The molecular weight excluding hydrogens is 252 g/mol. The summed E-state index contributed by atoms with van der Waals surface area (Å²) in [6.45, 7) is 0. The molecule has 0 fully saturated rings. The Labute approximate surface area is 107 Å². The van der Waals surface area contributed by atoms with Crippen LogP contribution in [0.2, 0.25) is 0 Å². The number of aromatic amines is 1. The van der Waals surface area contributed by atoms with Gasteiger partial charge in [-0.05, 0) is 17.7 Å². The summed E-state index contributed by atoms with van der Waals surface area (Å²) in [5.41, 5.74) is 1.85. The van der Waals surface area contributed by atoms with Crippen LogP contribution >= 0.6 is 11.8 Å². The number of aromatic nitrogens is 3. The smallest absolute Gasteiger partial charge is 0.197 e. The molecule has 1 aromatic carbocycles. The van der Waals surface area contributed by atoms with Crippen LogP contribution in [0, 0.1) is 11.3 Å². The number of thioether (sulfide) groups is 1. The summed E-state index contributed by atoms with van der Waals surface area (Å²) in [5, 5.41) is 19.7. The van der Waals surface area contributed by atoms with Gasteiger partial charge >= 0.3 is 6.15 Å². The predicted octanol–water partition coefficient (Wildman–Crippen LogP) is 1.39. The molecule has 1 N–H and O–H groups in total. The van der Waals surface area contributed by atoms with Gasteiger partial charge in [0.25, 0.3) is 0 Å². The average molecular weight is 260 g/mol.